The normalized spacial score (nSPS) is 11.9. The molecule has 164 valence electrons. The SMILES string of the molecule is Cc1nn(C)c(Cl)c1C(=O)NC[C@H](Cc1ccccc1)NC(=O)c1c(C)nn(C)c1Cl. The van der Waals surface area contributed by atoms with E-state index >= 15 is 0 Å². The third kappa shape index (κ3) is 5.08. The van der Waals surface area contributed by atoms with Crippen molar-refractivity contribution in [1.29, 1.82) is 0 Å². The van der Waals surface area contributed by atoms with Gasteiger partial charge in [0.1, 0.15) is 10.3 Å². The number of aryl methyl sites for hydroxylation is 4. The maximum atomic E-state index is 12.9. The lowest BCUT2D eigenvalue weighted by Gasteiger charge is -2.20. The third-order valence-corrected chi connectivity index (χ3v) is 5.79. The van der Waals surface area contributed by atoms with Crippen LogP contribution < -0.4 is 10.6 Å². The number of hydrogen-bond acceptors (Lipinski definition) is 4. The summed E-state index contributed by atoms with van der Waals surface area (Å²) in [6.07, 6.45) is 0.517. The fourth-order valence-corrected chi connectivity index (χ4v) is 3.93. The van der Waals surface area contributed by atoms with E-state index in [1.807, 2.05) is 30.3 Å². The second kappa shape index (κ2) is 9.53. The third-order valence-electron chi connectivity index (χ3n) is 4.93. The maximum Gasteiger partial charge on any atom is 0.256 e. The van der Waals surface area contributed by atoms with Crippen molar-refractivity contribution >= 4 is 35.0 Å². The van der Waals surface area contributed by atoms with Crippen LogP contribution in [0.25, 0.3) is 0 Å². The minimum atomic E-state index is -0.384. The molecule has 0 fully saturated rings. The monoisotopic (exact) mass is 462 g/mol. The molecule has 0 aliphatic carbocycles. The summed E-state index contributed by atoms with van der Waals surface area (Å²) >= 11 is 12.4. The molecule has 3 rings (SSSR count). The standard InChI is InChI=1S/C21H24Cl2N6O2/c1-12-16(18(22)28(3)26-12)20(30)24-11-15(10-14-8-6-5-7-9-14)25-21(31)17-13(2)27-29(4)19(17)23/h5-9,15H,10-11H2,1-4H3,(H,24,30)(H,25,31)/t15-/m0/s1. The average Bonchev–Trinajstić information content (AvgIpc) is 3.13. The van der Waals surface area contributed by atoms with Gasteiger partial charge in [0.05, 0.1) is 28.6 Å². The highest BCUT2D eigenvalue weighted by Gasteiger charge is 2.24. The Bertz CT molecular complexity index is 1110. The van der Waals surface area contributed by atoms with E-state index in [4.69, 9.17) is 23.2 Å². The number of nitrogens with one attached hydrogen (secondary N) is 2. The fourth-order valence-electron chi connectivity index (χ4n) is 3.41. The van der Waals surface area contributed by atoms with Gasteiger partial charge in [-0.1, -0.05) is 53.5 Å². The van der Waals surface area contributed by atoms with Crippen LogP contribution in [0.4, 0.5) is 0 Å². The van der Waals surface area contributed by atoms with Crippen LogP contribution in [-0.2, 0) is 20.5 Å². The van der Waals surface area contributed by atoms with Gasteiger partial charge in [-0.05, 0) is 25.8 Å². The van der Waals surface area contributed by atoms with Crippen molar-refractivity contribution < 1.29 is 9.59 Å². The van der Waals surface area contributed by atoms with E-state index in [1.54, 1.807) is 27.9 Å². The molecule has 0 saturated carbocycles. The van der Waals surface area contributed by atoms with E-state index in [0.717, 1.165) is 5.56 Å². The molecule has 0 radical (unpaired) electrons. The molecular formula is C21H24Cl2N6O2. The van der Waals surface area contributed by atoms with Crippen molar-refractivity contribution in [2.75, 3.05) is 6.54 Å². The van der Waals surface area contributed by atoms with Crippen LogP contribution in [0.3, 0.4) is 0 Å². The second-order valence-electron chi connectivity index (χ2n) is 7.32. The zero-order valence-electron chi connectivity index (χ0n) is 17.7. The number of hydrogen-bond donors (Lipinski definition) is 2. The minimum Gasteiger partial charge on any atom is -0.350 e. The Morgan fingerprint density at radius 2 is 1.45 bits per heavy atom. The van der Waals surface area contributed by atoms with Gasteiger partial charge in [-0.15, -0.1) is 0 Å². The molecule has 31 heavy (non-hydrogen) atoms. The van der Waals surface area contributed by atoms with E-state index < -0.39 is 0 Å². The highest BCUT2D eigenvalue weighted by atomic mass is 35.5. The molecule has 2 N–H and O–H groups in total. The van der Waals surface area contributed by atoms with Crippen LogP contribution in [-0.4, -0.2) is 44.0 Å². The first-order valence-electron chi connectivity index (χ1n) is 9.70. The number of rotatable bonds is 7. The molecule has 1 aromatic carbocycles. The first-order valence-corrected chi connectivity index (χ1v) is 10.5. The molecule has 2 heterocycles. The van der Waals surface area contributed by atoms with Gasteiger partial charge in [-0.2, -0.15) is 10.2 Å². The van der Waals surface area contributed by atoms with E-state index in [9.17, 15) is 9.59 Å². The lowest BCUT2D eigenvalue weighted by Crippen LogP contribution is -2.45. The number of aromatic nitrogens is 4. The minimum absolute atomic E-state index is 0.195. The van der Waals surface area contributed by atoms with E-state index in [0.29, 0.717) is 28.9 Å². The van der Waals surface area contributed by atoms with E-state index in [-0.39, 0.29) is 34.7 Å². The van der Waals surface area contributed by atoms with Gasteiger partial charge in [-0.3, -0.25) is 19.0 Å². The molecular weight excluding hydrogens is 439 g/mol. The first kappa shape index (κ1) is 22.8. The lowest BCUT2D eigenvalue weighted by molar-refractivity contribution is 0.0908. The molecule has 0 saturated heterocycles. The zero-order chi connectivity index (χ0) is 22.7. The molecule has 8 nitrogen and oxygen atoms in total. The van der Waals surface area contributed by atoms with Crippen LogP contribution in [0.2, 0.25) is 10.3 Å². The number of benzene rings is 1. The van der Waals surface area contributed by atoms with E-state index in [2.05, 4.69) is 20.8 Å². The number of carbonyl (C=O) groups is 2. The van der Waals surface area contributed by atoms with Gasteiger partial charge in [0.25, 0.3) is 11.8 Å². The van der Waals surface area contributed by atoms with Crippen LogP contribution in [0.1, 0.15) is 37.7 Å². The summed E-state index contributed by atoms with van der Waals surface area (Å²) in [4.78, 5) is 25.7. The summed E-state index contributed by atoms with van der Waals surface area (Å²) in [6.45, 7) is 3.64. The zero-order valence-corrected chi connectivity index (χ0v) is 19.3. The molecule has 1 atom stereocenters. The highest BCUT2D eigenvalue weighted by Crippen LogP contribution is 2.20. The maximum absolute atomic E-state index is 12.9. The van der Waals surface area contributed by atoms with Crippen LogP contribution in [0, 0.1) is 13.8 Å². The van der Waals surface area contributed by atoms with Gasteiger partial charge in [0.2, 0.25) is 0 Å². The molecule has 2 aromatic heterocycles. The molecule has 0 aliphatic rings. The molecule has 0 spiro atoms. The van der Waals surface area contributed by atoms with Crippen LogP contribution in [0.15, 0.2) is 30.3 Å². The lowest BCUT2D eigenvalue weighted by atomic mass is 10.0. The number of amides is 2. The molecule has 2 amide bonds. The van der Waals surface area contributed by atoms with Crippen molar-refractivity contribution in [2.45, 2.75) is 26.3 Å². The molecule has 0 bridgehead atoms. The molecule has 3 aromatic rings. The summed E-state index contributed by atoms with van der Waals surface area (Å²) in [5.41, 5.74) is 2.73. The van der Waals surface area contributed by atoms with Gasteiger partial charge in [0, 0.05) is 20.6 Å². The smallest absolute Gasteiger partial charge is 0.256 e. The Balaban J connectivity index is 1.78. The summed E-state index contributed by atoms with van der Waals surface area (Å²) in [7, 11) is 3.35. The summed E-state index contributed by atoms with van der Waals surface area (Å²) in [5, 5.41) is 14.7. The van der Waals surface area contributed by atoms with Crippen LogP contribution >= 0.6 is 23.2 Å². The van der Waals surface area contributed by atoms with Gasteiger partial charge >= 0.3 is 0 Å². The first-order chi connectivity index (χ1) is 14.7. The predicted octanol–water partition coefficient (Wildman–Crippen LogP) is 2.85. The van der Waals surface area contributed by atoms with Crippen molar-refractivity contribution in [2.24, 2.45) is 14.1 Å². The Morgan fingerprint density at radius 1 is 0.935 bits per heavy atom. The fraction of sp³-hybridized carbons (Fsp3) is 0.333. The topological polar surface area (TPSA) is 93.8 Å². The quantitative estimate of drug-likeness (QED) is 0.564. The summed E-state index contributed by atoms with van der Waals surface area (Å²) in [5.74, 6) is -0.695. The van der Waals surface area contributed by atoms with Crippen molar-refractivity contribution in [3.05, 3.63) is 68.7 Å². The summed E-state index contributed by atoms with van der Waals surface area (Å²) in [6, 6.07) is 9.31. The Morgan fingerprint density at radius 3 is 1.94 bits per heavy atom. The Hall–Kier alpha value is -2.84. The second-order valence-corrected chi connectivity index (χ2v) is 8.04. The van der Waals surface area contributed by atoms with Crippen molar-refractivity contribution in [3.63, 3.8) is 0 Å². The number of carbonyl (C=O) groups excluding carboxylic acids is 2. The Labute approximate surface area is 190 Å². The van der Waals surface area contributed by atoms with Crippen molar-refractivity contribution in [1.82, 2.24) is 30.2 Å². The largest absolute Gasteiger partial charge is 0.350 e. The molecule has 0 unspecified atom stereocenters. The van der Waals surface area contributed by atoms with Crippen LogP contribution in [0.5, 0.6) is 0 Å². The molecule has 0 aliphatic heterocycles. The van der Waals surface area contributed by atoms with E-state index in [1.165, 1.54) is 9.36 Å². The van der Waals surface area contributed by atoms with Gasteiger partial charge < -0.3 is 10.6 Å². The number of halogens is 2. The number of nitrogens with zero attached hydrogens (tertiary/aromatic N) is 4. The van der Waals surface area contributed by atoms with Gasteiger partial charge in [-0.25, -0.2) is 0 Å². The van der Waals surface area contributed by atoms with Gasteiger partial charge in [0.15, 0.2) is 0 Å². The average molecular weight is 463 g/mol. The summed E-state index contributed by atoms with van der Waals surface area (Å²) < 4.78 is 2.90. The van der Waals surface area contributed by atoms with Crippen molar-refractivity contribution in [3.8, 4) is 0 Å². The Kier molecular flexibility index (Phi) is 7.02. The molecule has 10 heteroatoms. The highest BCUT2D eigenvalue weighted by molar-refractivity contribution is 6.33. The predicted molar refractivity (Wildman–Crippen MR) is 120 cm³/mol.